The maximum Gasteiger partial charge on any atom is 0.339 e. The minimum absolute atomic E-state index is 0.0501. The summed E-state index contributed by atoms with van der Waals surface area (Å²) in [4.78, 5) is 19.4. The molecule has 16 heavy (non-hydrogen) atoms. The molecule has 1 aromatic heterocycles. The quantitative estimate of drug-likeness (QED) is 0.814. The Labute approximate surface area is 90.7 Å². The molecule has 0 unspecified atom stereocenters. The Morgan fingerprint density at radius 1 is 1.62 bits per heavy atom. The third-order valence-corrected chi connectivity index (χ3v) is 1.89. The number of aromatic carboxylic acids is 1. The predicted octanol–water partition coefficient (Wildman–Crippen LogP) is 0.872. The predicted molar refractivity (Wildman–Crippen MR) is 51.3 cm³/mol. The van der Waals surface area contributed by atoms with Gasteiger partial charge in [0.05, 0.1) is 12.2 Å². The molecule has 0 saturated heterocycles. The van der Waals surface area contributed by atoms with Gasteiger partial charge in [0.15, 0.2) is 0 Å². The summed E-state index contributed by atoms with van der Waals surface area (Å²) in [5, 5.41) is 8.81. The first kappa shape index (κ1) is 12.4. The summed E-state index contributed by atoms with van der Waals surface area (Å²) in [6, 6.07) is 0. The van der Waals surface area contributed by atoms with E-state index in [9.17, 15) is 13.6 Å². The van der Waals surface area contributed by atoms with E-state index in [2.05, 4.69) is 9.97 Å². The lowest BCUT2D eigenvalue weighted by molar-refractivity contribution is 0.0692. The van der Waals surface area contributed by atoms with Crippen LogP contribution in [0.2, 0.25) is 0 Å². The van der Waals surface area contributed by atoms with Crippen LogP contribution in [0.15, 0.2) is 12.5 Å². The molecule has 0 aliphatic rings. The van der Waals surface area contributed by atoms with Crippen molar-refractivity contribution in [2.45, 2.75) is 13.0 Å². The van der Waals surface area contributed by atoms with Crippen LogP contribution in [-0.2, 0) is 6.54 Å². The lowest BCUT2D eigenvalue weighted by Crippen LogP contribution is -2.25. The second kappa shape index (κ2) is 5.45. The minimum Gasteiger partial charge on any atom is -0.478 e. The molecule has 0 radical (unpaired) electrons. The van der Waals surface area contributed by atoms with Crippen molar-refractivity contribution in [3.63, 3.8) is 0 Å². The van der Waals surface area contributed by atoms with Crippen molar-refractivity contribution in [1.82, 2.24) is 14.9 Å². The number of hydrogen-bond donors (Lipinski definition) is 1. The zero-order valence-corrected chi connectivity index (χ0v) is 8.60. The van der Waals surface area contributed by atoms with Crippen molar-refractivity contribution in [3.8, 4) is 0 Å². The molecule has 0 amide bonds. The van der Waals surface area contributed by atoms with Crippen molar-refractivity contribution in [2.75, 3.05) is 13.6 Å². The summed E-state index contributed by atoms with van der Waals surface area (Å²) >= 11 is 0. The molecule has 0 bridgehead atoms. The zero-order chi connectivity index (χ0) is 12.1. The molecule has 0 aliphatic carbocycles. The van der Waals surface area contributed by atoms with Gasteiger partial charge in [0.1, 0.15) is 11.9 Å². The van der Waals surface area contributed by atoms with Gasteiger partial charge in [0.25, 0.3) is 6.43 Å². The fourth-order valence-electron chi connectivity index (χ4n) is 1.22. The number of hydrogen-bond acceptors (Lipinski definition) is 4. The van der Waals surface area contributed by atoms with Crippen LogP contribution in [0.25, 0.3) is 0 Å². The van der Waals surface area contributed by atoms with E-state index < -0.39 is 18.9 Å². The van der Waals surface area contributed by atoms with Gasteiger partial charge >= 0.3 is 5.97 Å². The fraction of sp³-hybridized carbons (Fsp3) is 0.444. The second-order valence-electron chi connectivity index (χ2n) is 3.28. The molecule has 1 rings (SSSR count). The Kier molecular flexibility index (Phi) is 4.24. The molecular weight excluding hydrogens is 220 g/mol. The Morgan fingerprint density at radius 3 is 2.88 bits per heavy atom. The second-order valence-corrected chi connectivity index (χ2v) is 3.28. The van der Waals surface area contributed by atoms with Crippen LogP contribution in [0.1, 0.15) is 16.1 Å². The maximum absolute atomic E-state index is 12.1. The Morgan fingerprint density at radius 2 is 2.31 bits per heavy atom. The maximum atomic E-state index is 12.1. The molecule has 1 aromatic rings. The first-order valence-corrected chi connectivity index (χ1v) is 4.49. The van der Waals surface area contributed by atoms with Gasteiger partial charge in [-0.05, 0) is 7.05 Å². The molecule has 0 fully saturated rings. The molecule has 1 N–H and O–H groups in total. The molecular formula is C9H11F2N3O2. The average molecular weight is 231 g/mol. The van der Waals surface area contributed by atoms with Crippen LogP contribution in [0.5, 0.6) is 0 Å². The highest BCUT2D eigenvalue weighted by molar-refractivity contribution is 5.88. The van der Waals surface area contributed by atoms with Crippen molar-refractivity contribution >= 4 is 5.97 Å². The topological polar surface area (TPSA) is 66.3 Å². The van der Waals surface area contributed by atoms with E-state index in [0.717, 1.165) is 6.20 Å². The van der Waals surface area contributed by atoms with E-state index in [1.807, 2.05) is 0 Å². The van der Waals surface area contributed by atoms with Gasteiger partial charge < -0.3 is 5.11 Å². The van der Waals surface area contributed by atoms with Gasteiger partial charge in [-0.2, -0.15) is 0 Å². The summed E-state index contributed by atoms with van der Waals surface area (Å²) < 4.78 is 24.1. The van der Waals surface area contributed by atoms with Gasteiger partial charge in [-0.3, -0.25) is 4.90 Å². The van der Waals surface area contributed by atoms with Crippen LogP contribution in [0.4, 0.5) is 8.78 Å². The lowest BCUT2D eigenvalue weighted by Gasteiger charge is -2.15. The van der Waals surface area contributed by atoms with E-state index >= 15 is 0 Å². The third-order valence-electron chi connectivity index (χ3n) is 1.89. The first-order chi connectivity index (χ1) is 7.50. The number of carboxylic acid groups (broad SMARTS) is 1. The molecule has 1 heterocycles. The minimum atomic E-state index is -2.46. The Balaban J connectivity index is 2.76. The Hall–Kier alpha value is -1.63. The number of carbonyl (C=O) groups is 1. The highest BCUT2D eigenvalue weighted by Crippen LogP contribution is 2.07. The summed E-state index contributed by atoms with van der Waals surface area (Å²) in [7, 11) is 1.47. The van der Waals surface area contributed by atoms with Gasteiger partial charge in [0, 0.05) is 12.7 Å². The zero-order valence-electron chi connectivity index (χ0n) is 8.60. The number of rotatable bonds is 5. The van der Waals surface area contributed by atoms with Crippen molar-refractivity contribution < 1.29 is 18.7 Å². The molecule has 5 nitrogen and oxygen atoms in total. The van der Waals surface area contributed by atoms with Crippen LogP contribution in [-0.4, -0.2) is 46.0 Å². The van der Waals surface area contributed by atoms with Crippen molar-refractivity contribution in [2.24, 2.45) is 0 Å². The van der Waals surface area contributed by atoms with E-state index in [4.69, 9.17) is 5.11 Å². The van der Waals surface area contributed by atoms with E-state index in [1.165, 1.54) is 18.3 Å². The summed E-state index contributed by atoms with van der Waals surface area (Å²) in [5.74, 6) is -1.17. The van der Waals surface area contributed by atoms with Gasteiger partial charge in [0.2, 0.25) is 0 Å². The molecule has 0 spiro atoms. The first-order valence-electron chi connectivity index (χ1n) is 4.49. The molecule has 88 valence electrons. The summed E-state index contributed by atoms with van der Waals surface area (Å²) in [6.45, 7) is -0.377. The number of aromatic nitrogens is 2. The molecule has 0 atom stereocenters. The molecule has 7 heteroatoms. The normalized spacial score (nSPS) is 11.1. The van der Waals surface area contributed by atoms with Gasteiger partial charge in [-0.25, -0.2) is 23.5 Å². The van der Waals surface area contributed by atoms with E-state index in [1.54, 1.807) is 0 Å². The summed E-state index contributed by atoms with van der Waals surface area (Å²) in [5.41, 5.74) is 0.161. The van der Waals surface area contributed by atoms with E-state index in [0.29, 0.717) is 0 Å². The highest BCUT2D eigenvalue weighted by Gasteiger charge is 2.15. The molecule has 0 aliphatic heterocycles. The van der Waals surface area contributed by atoms with Crippen molar-refractivity contribution in [1.29, 1.82) is 0 Å². The largest absolute Gasteiger partial charge is 0.478 e. The molecule has 0 aromatic carbocycles. The van der Waals surface area contributed by atoms with Gasteiger partial charge in [-0.1, -0.05) is 0 Å². The number of nitrogens with zero attached hydrogens (tertiary/aromatic N) is 3. The van der Waals surface area contributed by atoms with Crippen LogP contribution in [0, 0.1) is 0 Å². The fourth-order valence-corrected chi connectivity index (χ4v) is 1.22. The molecule has 0 saturated carbocycles. The number of alkyl halides is 2. The smallest absolute Gasteiger partial charge is 0.339 e. The number of halogens is 2. The standard InChI is InChI=1S/C9H11F2N3O2/c1-14(4-8(10)11)3-7-6(9(15)16)2-12-5-13-7/h2,5,8H,3-4H2,1H3,(H,15,16). The van der Waals surface area contributed by atoms with Crippen LogP contribution in [0.3, 0.4) is 0 Å². The van der Waals surface area contributed by atoms with Crippen LogP contribution >= 0.6 is 0 Å². The average Bonchev–Trinajstić information content (AvgIpc) is 2.16. The lowest BCUT2D eigenvalue weighted by atomic mass is 10.2. The third kappa shape index (κ3) is 3.50. The summed E-state index contributed by atoms with van der Waals surface area (Å²) in [6.07, 6.45) is -0.112. The van der Waals surface area contributed by atoms with Crippen LogP contribution < -0.4 is 0 Å². The monoisotopic (exact) mass is 231 g/mol. The van der Waals surface area contributed by atoms with E-state index in [-0.39, 0.29) is 17.8 Å². The Bertz CT molecular complexity index is 374. The SMILES string of the molecule is CN(Cc1ncncc1C(=O)O)CC(F)F. The van der Waals surface area contributed by atoms with Gasteiger partial charge in [-0.15, -0.1) is 0 Å². The van der Waals surface area contributed by atoms with Crippen molar-refractivity contribution in [3.05, 3.63) is 23.8 Å². The number of carboxylic acids is 1. The highest BCUT2D eigenvalue weighted by atomic mass is 19.3.